The Kier molecular flexibility index (Phi) is 3.01. The standard InChI is InChI=1S/C12H15N3O/c1-8-5-9(2)7-10(6-8)12-14-11(3-4-13)15-16-12/h5-7H,3-4,13H2,1-2H3. The molecule has 16 heavy (non-hydrogen) atoms. The molecule has 84 valence electrons. The van der Waals surface area contributed by atoms with Gasteiger partial charge >= 0.3 is 0 Å². The first-order chi connectivity index (χ1) is 7.69. The van der Waals surface area contributed by atoms with Crippen LogP contribution in [-0.4, -0.2) is 16.7 Å². The predicted octanol–water partition coefficient (Wildman–Crippen LogP) is 1.85. The summed E-state index contributed by atoms with van der Waals surface area (Å²) >= 11 is 0. The van der Waals surface area contributed by atoms with E-state index in [2.05, 4.69) is 16.2 Å². The van der Waals surface area contributed by atoms with Crippen LogP contribution in [0.15, 0.2) is 22.7 Å². The van der Waals surface area contributed by atoms with E-state index in [0.29, 0.717) is 24.7 Å². The molecular formula is C12H15N3O. The summed E-state index contributed by atoms with van der Waals surface area (Å²) in [6.07, 6.45) is 0.647. The van der Waals surface area contributed by atoms with Gasteiger partial charge in [0.25, 0.3) is 5.89 Å². The van der Waals surface area contributed by atoms with E-state index in [-0.39, 0.29) is 0 Å². The van der Waals surface area contributed by atoms with Gasteiger partial charge < -0.3 is 10.3 Å². The Balaban J connectivity index is 2.34. The van der Waals surface area contributed by atoms with Crippen LogP contribution in [-0.2, 0) is 6.42 Å². The molecule has 2 N–H and O–H groups in total. The lowest BCUT2D eigenvalue weighted by molar-refractivity contribution is 0.422. The lowest BCUT2D eigenvalue weighted by Gasteiger charge is -1.99. The molecule has 0 aliphatic heterocycles. The molecule has 2 aromatic rings. The van der Waals surface area contributed by atoms with Gasteiger partial charge in [0.1, 0.15) is 0 Å². The molecule has 0 aliphatic carbocycles. The van der Waals surface area contributed by atoms with E-state index in [1.165, 1.54) is 11.1 Å². The van der Waals surface area contributed by atoms with Crippen molar-refractivity contribution in [2.24, 2.45) is 5.73 Å². The molecule has 0 saturated heterocycles. The summed E-state index contributed by atoms with van der Waals surface area (Å²) in [5.74, 6) is 1.23. The fraction of sp³-hybridized carbons (Fsp3) is 0.333. The maximum atomic E-state index is 5.44. The second kappa shape index (κ2) is 4.45. The largest absolute Gasteiger partial charge is 0.334 e. The van der Waals surface area contributed by atoms with Gasteiger partial charge in [-0.3, -0.25) is 0 Å². The quantitative estimate of drug-likeness (QED) is 0.852. The van der Waals surface area contributed by atoms with Crippen LogP contribution < -0.4 is 5.73 Å². The Morgan fingerprint density at radius 1 is 1.19 bits per heavy atom. The monoisotopic (exact) mass is 217 g/mol. The summed E-state index contributed by atoms with van der Waals surface area (Å²) in [7, 11) is 0. The highest BCUT2D eigenvalue weighted by molar-refractivity contribution is 5.55. The third-order valence-electron chi connectivity index (χ3n) is 2.30. The Hall–Kier alpha value is -1.68. The van der Waals surface area contributed by atoms with E-state index >= 15 is 0 Å². The highest BCUT2D eigenvalue weighted by Crippen LogP contribution is 2.20. The van der Waals surface area contributed by atoms with Gasteiger partial charge in [-0.1, -0.05) is 22.3 Å². The SMILES string of the molecule is Cc1cc(C)cc(-c2nc(CCN)no2)c1. The van der Waals surface area contributed by atoms with E-state index in [1.807, 2.05) is 26.0 Å². The predicted molar refractivity (Wildman–Crippen MR) is 62.0 cm³/mol. The van der Waals surface area contributed by atoms with E-state index in [9.17, 15) is 0 Å². The average molecular weight is 217 g/mol. The average Bonchev–Trinajstić information content (AvgIpc) is 2.65. The number of nitrogens with two attached hydrogens (primary N) is 1. The first-order valence-electron chi connectivity index (χ1n) is 5.30. The second-order valence-electron chi connectivity index (χ2n) is 3.93. The van der Waals surface area contributed by atoms with Gasteiger partial charge in [-0.05, 0) is 32.5 Å². The van der Waals surface area contributed by atoms with Crippen molar-refractivity contribution in [3.8, 4) is 11.5 Å². The second-order valence-corrected chi connectivity index (χ2v) is 3.93. The van der Waals surface area contributed by atoms with Crippen molar-refractivity contribution in [1.29, 1.82) is 0 Å². The topological polar surface area (TPSA) is 64.9 Å². The van der Waals surface area contributed by atoms with Crippen LogP contribution in [0.5, 0.6) is 0 Å². The maximum Gasteiger partial charge on any atom is 0.257 e. The minimum Gasteiger partial charge on any atom is -0.334 e. The fourth-order valence-corrected chi connectivity index (χ4v) is 1.70. The third kappa shape index (κ3) is 2.28. The van der Waals surface area contributed by atoms with Gasteiger partial charge in [-0.25, -0.2) is 0 Å². The number of rotatable bonds is 3. The summed E-state index contributed by atoms with van der Waals surface area (Å²) < 4.78 is 5.20. The molecule has 0 aliphatic rings. The van der Waals surface area contributed by atoms with Crippen molar-refractivity contribution in [3.63, 3.8) is 0 Å². The number of aromatic nitrogens is 2. The molecule has 0 atom stereocenters. The van der Waals surface area contributed by atoms with E-state index in [0.717, 1.165) is 5.56 Å². The molecule has 4 heteroatoms. The van der Waals surface area contributed by atoms with Gasteiger partial charge in [-0.2, -0.15) is 4.98 Å². The smallest absolute Gasteiger partial charge is 0.257 e. The van der Waals surface area contributed by atoms with Gasteiger partial charge in [0.15, 0.2) is 5.82 Å². The van der Waals surface area contributed by atoms with Crippen molar-refractivity contribution >= 4 is 0 Å². The van der Waals surface area contributed by atoms with Crippen LogP contribution in [0.4, 0.5) is 0 Å². The first kappa shape index (κ1) is 10.8. The lowest BCUT2D eigenvalue weighted by atomic mass is 10.1. The van der Waals surface area contributed by atoms with Crippen LogP contribution in [0, 0.1) is 13.8 Å². The van der Waals surface area contributed by atoms with Crippen LogP contribution in [0.2, 0.25) is 0 Å². The van der Waals surface area contributed by atoms with Crippen molar-refractivity contribution in [1.82, 2.24) is 10.1 Å². The van der Waals surface area contributed by atoms with Crippen LogP contribution >= 0.6 is 0 Å². The van der Waals surface area contributed by atoms with E-state index < -0.39 is 0 Å². The number of hydrogen-bond acceptors (Lipinski definition) is 4. The van der Waals surface area contributed by atoms with Gasteiger partial charge in [-0.15, -0.1) is 0 Å². The molecule has 0 amide bonds. The van der Waals surface area contributed by atoms with Crippen molar-refractivity contribution in [2.45, 2.75) is 20.3 Å². The zero-order valence-corrected chi connectivity index (χ0v) is 9.53. The molecule has 0 bridgehead atoms. The molecule has 0 spiro atoms. The van der Waals surface area contributed by atoms with Gasteiger partial charge in [0.05, 0.1) is 0 Å². The zero-order valence-electron chi connectivity index (χ0n) is 9.53. The molecule has 1 aromatic carbocycles. The van der Waals surface area contributed by atoms with E-state index in [1.54, 1.807) is 0 Å². The van der Waals surface area contributed by atoms with Crippen LogP contribution in [0.3, 0.4) is 0 Å². The number of nitrogens with zero attached hydrogens (tertiary/aromatic N) is 2. The minimum atomic E-state index is 0.534. The summed E-state index contributed by atoms with van der Waals surface area (Å²) in [5, 5.41) is 3.88. The molecule has 4 nitrogen and oxygen atoms in total. The Labute approximate surface area is 94.5 Å². The highest BCUT2D eigenvalue weighted by Gasteiger charge is 2.08. The van der Waals surface area contributed by atoms with E-state index in [4.69, 9.17) is 10.3 Å². The summed E-state index contributed by atoms with van der Waals surface area (Å²) in [4.78, 5) is 4.29. The van der Waals surface area contributed by atoms with Crippen molar-refractivity contribution in [3.05, 3.63) is 35.2 Å². The number of aryl methyl sites for hydroxylation is 2. The molecule has 0 radical (unpaired) electrons. The Morgan fingerprint density at radius 2 is 1.88 bits per heavy atom. The normalized spacial score (nSPS) is 10.7. The minimum absolute atomic E-state index is 0.534. The Morgan fingerprint density at radius 3 is 2.50 bits per heavy atom. The van der Waals surface area contributed by atoms with Crippen LogP contribution in [0.25, 0.3) is 11.5 Å². The maximum absolute atomic E-state index is 5.44. The molecule has 1 aromatic heterocycles. The van der Waals surface area contributed by atoms with Crippen molar-refractivity contribution in [2.75, 3.05) is 6.54 Å². The third-order valence-corrected chi connectivity index (χ3v) is 2.30. The van der Waals surface area contributed by atoms with Gasteiger partial charge in [0, 0.05) is 12.0 Å². The lowest BCUT2D eigenvalue weighted by Crippen LogP contribution is -2.03. The van der Waals surface area contributed by atoms with Crippen molar-refractivity contribution < 1.29 is 4.52 Å². The summed E-state index contributed by atoms with van der Waals surface area (Å²) in [5.41, 5.74) is 8.78. The number of hydrogen-bond donors (Lipinski definition) is 1. The Bertz CT molecular complexity index is 471. The number of benzene rings is 1. The fourth-order valence-electron chi connectivity index (χ4n) is 1.70. The zero-order chi connectivity index (χ0) is 11.5. The molecule has 0 unspecified atom stereocenters. The highest BCUT2D eigenvalue weighted by atomic mass is 16.5. The summed E-state index contributed by atoms with van der Waals surface area (Å²) in [6, 6.07) is 6.18. The molecule has 0 saturated carbocycles. The molecule has 0 fully saturated rings. The molecule has 2 rings (SSSR count). The summed E-state index contributed by atoms with van der Waals surface area (Å²) in [6.45, 7) is 4.63. The molecular weight excluding hydrogens is 202 g/mol. The first-order valence-corrected chi connectivity index (χ1v) is 5.30. The van der Waals surface area contributed by atoms with Gasteiger partial charge in [0.2, 0.25) is 0 Å². The van der Waals surface area contributed by atoms with Crippen LogP contribution in [0.1, 0.15) is 17.0 Å². The molecule has 1 heterocycles.